The first kappa shape index (κ1) is 19.4. The number of nitrogens with zero attached hydrogens (tertiary/aromatic N) is 1. The van der Waals surface area contributed by atoms with Gasteiger partial charge < -0.3 is 4.74 Å². The van der Waals surface area contributed by atoms with Gasteiger partial charge in [0.2, 0.25) is 5.91 Å². The van der Waals surface area contributed by atoms with Crippen LogP contribution in [-0.4, -0.2) is 21.5 Å². The second-order valence-corrected chi connectivity index (χ2v) is 10.0. The number of alkyl halides is 2. The highest BCUT2D eigenvalue weighted by Gasteiger charge is 2.66. The number of halogens is 2. The lowest BCUT2D eigenvalue weighted by molar-refractivity contribution is -0.125. The van der Waals surface area contributed by atoms with Crippen LogP contribution in [-0.2, 0) is 4.79 Å². The zero-order valence-corrected chi connectivity index (χ0v) is 17.5. The summed E-state index contributed by atoms with van der Waals surface area (Å²) in [4.78, 5) is 12.4. The Balaban J connectivity index is 2.11. The van der Waals surface area contributed by atoms with E-state index in [-0.39, 0.29) is 9.14 Å². The van der Waals surface area contributed by atoms with Gasteiger partial charge in [-0.15, -0.1) is 0 Å². The van der Waals surface area contributed by atoms with Crippen LogP contribution in [0.1, 0.15) is 52.0 Å². The number of rotatable bonds is 8. The van der Waals surface area contributed by atoms with E-state index in [1.165, 1.54) is 0 Å². The van der Waals surface area contributed by atoms with E-state index in [1.807, 2.05) is 38.1 Å². The normalized spacial score (nSPS) is 22.1. The minimum absolute atomic E-state index is 0.0730. The molecule has 1 amide bonds. The largest absolute Gasteiger partial charge is 0.494 e. The molecule has 1 unspecified atom stereocenters. The molecule has 1 N–H and O–H groups in total. The first-order chi connectivity index (χ1) is 11.3. The molecular formula is C18H24Br2N2O2. The number of ether oxygens (including phenoxy) is 1. The van der Waals surface area contributed by atoms with Crippen LogP contribution in [0.3, 0.4) is 0 Å². The van der Waals surface area contributed by atoms with Gasteiger partial charge in [-0.25, -0.2) is 5.43 Å². The molecule has 1 saturated carbocycles. The van der Waals surface area contributed by atoms with Crippen molar-refractivity contribution in [1.29, 1.82) is 0 Å². The topological polar surface area (TPSA) is 50.7 Å². The summed E-state index contributed by atoms with van der Waals surface area (Å²) < 4.78 is 5.17. The fourth-order valence-corrected chi connectivity index (χ4v) is 3.89. The van der Waals surface area contributed by atoms with Crippen LogP contribution in [0.2, 0.25) is 0 Å². The summed E-state index contributed by atoms with van der Waals surface area (Å²) in [5.74, 6) is 0.769. The molecule has 0 saturated heterocycles. The van der Waals surface area contributed by atoms with Crippen LogP contribution in [0.25, 0.3) is 0 Å². The number of hydrazone groups is 1. The lowest BCUT2D eigenvalue weighted by Crippen LogP contribution is -2.30. The van der Waals surface area contributed by atoms with Crippen LogP contribution >= 0.6 is 31.9 Å². The first-order valence-electron chi connectivity index (χ1n) is 8.32. The second kappa shape index (κ2) is 8.00. The summed E-state index contributed by atoms with van der Waals surface area (Å²) in [7, 11) is 0. The van der Waals surface area contributed by atoms with Crippen molar-refractivity contribution in [3.8, 4) is 5.75 Å². The lowest BCUT2D eigenvalue weighted by atomic mass is 10.0. The number of carbonyl (C=O) groups is 1. The molecule has 1 aromatic carbocycles. The molecule has 132 valence electrons. The van der Waals surface area contributed by atoms with E-state index in [2.05, 4.69) is 49.3 Å². The van der Waals surface area contributed by atoms with Crippen LogP contribution in [0.5, 0.6) is 5.75 Å². The van der Waals surface area contributed by atoms with Crippen molar-refractivity contribution in [2.75, 3.05) is 6.61 Å². The quantitative estimate of drug-likeness (QED) is 0.338. The molecule has 0 radical (unpaired) electrons. The SMILES string of the molecule is CCCC/C(=N\NC(=O)C1(C)CC1(Br)Br)c1ccc(OCC)cc1. The third-order valence-electron chi connectivity index (χ3n) is 4.32. The van der Waals surface area contributed by atoms with Gasteiger partial charge >= 0.3 is 0 Å². The summed E-state index contributed by atoms with van der Waals surface area (Å²) in [5, 5.41) is 4.41. The highest BCUT2D eigenvalue weighted by molar-refractivity contribution is 9.25. The highest BCUT2D eigenvalue weighted by atomic mass is 79.9. The minimum Gasteiger partial charge on any atom is -0.494 e. The van der Waals surface area contributed by atoms with Gasteiger partial charge in [0, 0.05) is 0 Å². The van der Waals surface area contributed by atoms with E-state index >= 15 is 0 Å². The van der Waals surface area contributed by atoms with E-state index in [9.17, 15) is 4.79 Å². The van der Waals surface area contributed by atoms with Crippen molar-refractivity contribution in [2.45, 2.75) is 49.7 Å². The molecule has 1 aliphatic carbocycles. The van der Waals surface area contributed by atoms with Gasteiger partial charge in [0.1, 0.15) is 5.75 Å². The average molecular weight is 460 g/mol. The van der Waals surface area contributed by atoms with Gasteiger partial charge in [-0.3, -0.25) is 4.79 Å². The molecule has 6 heteroatoms. The zero-order chi connectivity index (χ0) is 17.8. The van der Waals surface area contributed by atoms with Crippen LogP contribution in [0.4, 0.5) is 0 Å². The zero-order valence-electron chi connectivity index (χ0n) is 14.4. The molecule has 0 aliphatic heterocycles. The van der Waals surface area contributed by atoms with E-state index in [0.29, 0.717) is 6.61 Å². The second-order valence-electron chi connectivity index (χ2n) is 6.27. The van der Waals surface area contributed by atoms with Crippen molar-refractivity contribution < 1.29 is 9.53 Å². The number of unbranched alkanes of at least 4 members (excludes halogenated alkanes) is 1. The molecule has 1 aliphatic rings. The Morgan fingerprint density at radius 2 is 1.92 bits per heavy atom. The van der Waals surface area contributed by atoms with Crippen LogP contribution in [0.15, 0.2) is 29.4 Å². The van der Waals surface area contributed by atoms with Crippen molar-refractivity contribution in [3.63, 3.8) is 0 Å². The van der Waals surface area contributed by atoms with Gasteiger partial charge in [-0.1, -0.05) is 45.2 Å². The standard InChI is InChI=1S/C18H24Br2N2O2/c1-4-6-7-15(13-8-10-14(11-9-13)24-5-2)21-22-16(23)17(3)12-18(17,19)20/h8-11H,4-7,12H2,1-3H3,(H,22,23)/b21-15+. The Labute approximate surface area is 160 Å². The molecule has 24 heavy (non-hydrogen) atoms. The minimum atomic E-state index is -0.467. The van der Waals surface area contributed by atoms with E-state index in [0.717, 1.165) is 42.7 Å². The summed E-state index contributed by atoms with van der Waals surface area (Å²) in [5.41, 5.74) is 4.19. The maximum atomic E-state index is 12.4. The van der Waals surface area contributed by atoms with E-state index in [4.69, 9.17) is 4.74 Å². The van der Waals surface area contributed by atoms with Gasteiger partial charge in [0.25, 0.3) is 0 Å². The van der Waals surface area contributed by atoms with Gasteiger partial charge in [0.05, 0.1) is 21.0 Å². The Morgan fingerprint density at radius 3 is 2.42 bits per heavy atom. The van der Waals surface area contributed by atoms with Crippen molar-refractivity contribution in [2.24, 2.45) is 10.5 Å². The Kier molecular flexibility index (Phi) is 6.48. The molecule has 2 rings (SSSR count). The molecule has 0 heterocycles. The van der Waals surface area contributed by atoms with Crippen molar-refractivity contribution in [1.82, 2.24) is 5.43 Å². The summed E-state index contributed by atoms with van der Waals surface area (Å²) in [6, 6.07) is 7.85. The third kappa shape index (κ3) is 4.39. The monoisotopic (exact) mass is 458 g/mol. The van der Waals surface area contributed by atoms with Crippen molar-refractivity contribution in [3.05, 3.63) is 29.8 Å². The molecule has 4 nitrogen and oxygen atoms in total. The summed E-state index contributed by atoms with van der Waals surface area (Å²) in [6.45, 7) is 6.67. The average Bonchev–Trinajstić information content (AvgIpc) is 3.08. The lowest BCUT2D eigenvalue weighted by Gasteiger charge is -2.12. The van der Waals surface area contributed by atoms with Crippen LogP contribution < -0.4 is 10.2 Å². The predicted octanol–water partition coefficient (Wildman–Crippen LogP) is 4.99. The third-order valence-corrected chi connectivity index (χ3v) is 6.63. The predicted molar refractivity (Wildman–Crippen MR) is 105 cm³/mol. The Bertz CT molecular complexity index is 614. The smallest absolute Gasteiger partial charge is 0.248 e. The first-order valence-corrected chi connectivity index (χ1v) is 9.90. The number of carbonyl (C=O) groups excluding carboxylic acids is 1. The molecule has 0 bridgehead atoms. The molecule has 1 fully saturated rings. The molecule has 0 aromatic heterocycles. The number of amides is 1. The number of hydrogen-bond acceptors (Lipinski definition) is 3. The molecule has 1 atom stereocenters. The van der Waals surface area contributed by atoms with E-state index < -0.39 is 5.41 Å². The van der Waals surface area contributed by atoms with Crippen molar-refractivity contribution >= 4 is 43.5 Å². The summed E-state index contributed by atoms with van der Waals surface area (Å²) >= 11 is 7.04. The van der Waals surface area contributed by atoms with E-state index in [1.54, 1.807) is 0 Å². The van der Waals surface area contributed by atoms with Gasteiger partial charge in [-0.05, 0) is 62.9 Å². The fourth-order valence-electron chi connectivity index (χ4n) is 2.41. The maximum absolute atomic E-state index is 12.4. The molecule has 0 spiro atoms. The Hall–Kier alpha value is -0.880. The Morgan fingerprint density at radius 1 is 1.29 bits per heavy atom. The fraction of sp³-hybridized carbons (Fsp3) is 0.556. The number of benzene rings is 1. The number of hydrogen-bond donors (Lipinski definition) is 1. The van der Waals surface area contributed by atoms with Gasteiger partial charge in [-0.2, -0.15) is 5.10 Å². The van der Waals surface area contributed by atoms with Gasteiger partial charge in [0.15, 0.2) is 0 Å². The number of nitrogens with one attached hydrogen (secondary N) is 1. The highest BCUT2D eigenvalue weighted by Crippen LogP contribution is 2.66. The molecule has 1 aromatic rings. The maximum Gasteiger partial charge on any atom is 0.248 e. The summed E-state index contributed by atoms with van der Waals surface area (Å²) in [6.07, 6.45) is 3.68. The molecular weight excluding hydrogens is 436 g/mol. The van der Waals surface area contributed by atoms with Crippen LogP contribution in [0, 0.1) is 5.41 Å².